The Kier molecular flexibility index (Phi) is 6.15. The van der Waals surface area contributed by atoms with Gasteiger partial charge in [0.05, 0.1) is 31.7 Å². The second-order valence-corrected chi connectivity index (χ2v) is 7.15. The molecule has 0 saturated carbocycles. The van der Waals surface area contributed by atoms with E-state index >= 15 is 0 Å². The minimum atomic E-state index is -3.26. The highest BCUT2D eigenvalue weighted by molar-refractivity contribution is 7.53. The van der Waals surface area contributed by atoms with Gasteiger partial charge in [-0.3, -0.25) is 4.57 Å². The quantitative estimate of drug-likeness (QED) is 0.532. The molecule has 8 heteroatoms. The highest BCUT2D eigenvalue weighted by Gasteiger charge is 2.27. The van der Waals surface area contributed by atoms with Crippen molar-refractivity contribution in [1.82, 2.24) is 9.38 Å². The lowest BCUT2D eigenvalue weighted by Gasteiger charge is -2.17. The highest BCUT2D eigenvalue weighted by Crippen LogP contribution is 2.51. The number of hydrogen-bond acceptors (Lipinski definition) is 6. The Bertz CT molecular complexity index is 761. The van der Waals surface area contributed by atoms with Gasteiger partial charge in [-0.2, -0.15) is 0 Å². The Morgan fingerprint density at radius 2 is 1.88 bits per heavy atom. The summed E-state index contributed by atoms with van der Waals surface area (Å²) in [6.45, 7) is 7.94. The third-order valence-corrected chi connectivity index (χ3v) is 5.49. The standard InChI is InChI=1S/C16H23N2O5P/c1-5-21-16(19)14-12(4)18-10-8-9-13(15(18)17-14)11-24(20,22-6-2)23-7-3/h8-10H,5-7,11H2,1-4H3. The van der Waals surface area contributed by atoms with E-state index in [1.54, 1.807) is 44.4 Å². The molecule has 0 aliphatic rings. The summed E-state index contributed by atoms with van der Waals surface area (Å²) in [6.07, 6.45) is 1.90. The molecule has 0 bridgehead atoms. The van der Waals surface area contributed by atoms with E-state index in [1.165, 1.54) is 0 Å². The second kappa shape index (κ2) is 7.92. The van der Waals surface area contributed by atoms with Crippen LogP contribution in [0.15, 0.2) is 18.3 Å². The zero-order valence-corrected chi connectivity index (χ0v) is 15.3. The second-order valence-electron chi connectivity index (χ2n) is 5.10. The molecule has 2 aromatic rings. The number of imidazole rings is 1. The van der Waals surface area contributed by atoms with Crippen LogP contribution in [0.2, 0.25) is 0 Å². The first-order valence-corrected chi connectivity index (χ1v) is 9.70. The Balaban J connectivity index is 2.46. The molecule has 0 unspecified atom stereocenters. The number of hydrogen-bond donors (Lipinski definition) is 0. The van der Waals surface area contributed by atoms with Gasteiger partial charge in [-0.15, -0.1) is 0 Å². The third kappa shape index (κ3) is 3.86. The minimum Gasteiger partial charge on any atom is -0.461 e. The molecule has 0 aliphatic carbocycles. The van der Waals surface area contributed by atoms with Gasteiger partial charge in [-0.25, -0.2) is 9.78 Å². The third-order valence-electron chi connectivity index (χ3n) is 3.45. The maximum Gasteiger partial charge on any atom is 0.358 e. The van der Waals surface area contributed by atoms with Crippen LogP contribution in [0.3, 0.4) is 0 Å². The number of pyridine rings is 1. The molecule has 0 atom stereocenters. The Hall–Kier alpha value is -1.69. The number of aryl methyl sites for hydroxylation is 1. The highest BCUT2D eigenvalue weighted by atomic mass is 31.2. The smallest absolute Gasteiger partial charge is 0.358 e. The van der Waals surface area contributed by atoms with Gasteiger partial charge >= 0.3 is 13.6 Å². The van der Waals surface area contributed by atoms with E-state index in [-0.39, 0.29) is 18.5 Å². The number of carbonyl (C=O) groups excluding carboxylic acids is 1. The fourth-order valence-corrected chi connectivity index (χ4v) is 4.20. The molecule has 0 amide bonds. The number of aromatic nitrogens is 2. The predicted octanol–water partition coefficient (Wildman–Crippen LogP) is 3.59. The molecule has 2 heterocycles. The van der Waals surface area contributed by atoms with Crippen LogP contribution in [0, 0.1) is 6.92 Å². The monoisotopic (exact) mass is 354 g/mol. The lowest BCUT2D eigenvalue weighted by atomic mass is 10.3. The molecule has 0 fully saturated rings. The molecule has 2 aromatic heterocycles. The summed E-state index contributed by atoms with van der Waals surface area (Å²) in [4.78, 5) is 16.4. The van der Waals surface area contributed by atoms with Crippen molar-refractivity contribution in [2.24, 2.45) is 0 Å². The van der Waals surface area contributed by atoms with E-state index in [0.717, 1.165) is 0 Å². The molecule has 7 nitrogen and oxygen atoms in total. The molecule has 0 N–H and O–H groups in total. The zero-order chi connectivity index (χ0) is 17.7. The minimum absolute atomic E-state index is 0.0950. The molecule has 24 heavy (non-hydrogen) atoms. The van der Waals surface area contributed by atoms with Crippen molar-refractivity contribution in [2.75, 3.05) is 19.8 Å². The molecule has 0 spiro atoms. The number of esters is 1. The van der Waals surface area contributed by atoms with Gasteiger partial charge in [0.25, 0.3) is 0 Å². The topological polar surface area (TPSA) is 79.1 Å². The van der Waals surface area contributed by atoms with E-state index in [0.29, 0.717) is 30.1 Å². The van der Waals surface area contributed by atoms with Gasteiger partial charge in [0.15, 0.2) is 5.69 Å². The van der Waals surface area contributed by atoms with Crippen LogP contribution < -0.4 is 0 Å². The van der Waals surface area contributed by atoms with E-state index in [4.69, 9.17) is 13.8 Å². The predicted molar refractivity (Wildman–Crippen MR) is 90.4 cm³/mol. The Labute approximate surface area is 141 Å². The average molecular weight is 354 g/mol. The van der Waals surface area contributed by atoms with Gasteiger partial charge in [-0.05, 0) is 33.8 Å². The Morgan fingerprint density at radius 3 is 2.46 bits per heavy atom. The molecule has 0 aliphatic heterocycles. The van der Waals surface area contributed by atoms with Crippen LogP contribution in [0.25, 0.3) is 5.65 Å². The number of carbonyl (C=O) groups is 1. The van der Waals surface area contributed by atoms with Crippen molar-refractivity contribution in [3.05, 3.63) is 35.3 Å². The molecular weight excluding hydrogens is 331 g/mol. The van der Waals surface area contributed by atoms with Crippen molar-refractivity contribution in [3.63, 3.8) is 0 Å². The van der Waals surface area contributed by atoms with Gasteiger partial charge in [0, 0.05) is 11.8 Å². The first kappa shape index (κ1) is 18.6. The van der Waals surface area contributed by atoms with Crippen LogP contribution in [0.4, 0.5) is 0 Å². The SMILES string of the molecule is CCOC(=O)c1nc2c(CP(=O)(OCC)OCC)cccn2c1C. The molecule has 0 aromatic carbocycles. The van der Waals surface area contributed by atoms with Crippen molar-refractivity contribution in [1.29, 1.82) is 0 Å². The van der Waals surface area contributed by atoms with Crippen molar-refractivity contribution >= 4 is 19.2 Å². The van der Waals surface area contributed by atoms with Crippen LogP contribution >= 0.6 is 7.60 Å². The number of ether oxygens (including phenoxy) is 1. The van der Waals surface area contributed by atoms with Crippen molar-refractivity contribution in [3.8, 4) is 0 Å². The lowest BCUT2D eigenvalue weighted by molar-refractivity contribution is 0.0519. The summed E-state index contributed by atoms with van der Waals surface area (Å²) in [5.74, 6) is -0.470. The molecular formula is C16H23N2O5P. The van der Waals surface area contributed by atoms with E-state index in [1.807, 2.05) is 6.07 Å². The first-order valence-electron chi connectivity index (χ1n) is 7.97. The summed E-state index contributed by atoms with van der Waals surface area (Å²) in [5, 5.41) is 0. The van der Waals surface area contributed by atoms with Gasteiger partial charge in [-0.1, -0.05) is 6.07 Å². The van der Waals surface area contributed by atoms with Crippen LogP contribution in [0.5, 0.6) is 0 Å². The largest absolute Gasteiger partial charge is 0.461 e. The molecule has 2 rings (SSSR count). The van der Waals surface area contributed by atoms with E-state index < -0.39 is 13.6 Å². The number of fused-ring (bicyclic) bond motifs is 1. The van der Waals surface area contributed by atoms with Gasteiger partial charge in [0.1, 0.15) is 5.65 Å². The molecule has 0 saturated heterocycles. The molecule has 132 valence electrons. The fraction of sp³-hybridized carbons (Fsp3) is 0.500. The lowest BCUT2D eigenvalue weighted by Crippen LogP contribution is -2.06. The van der Waals surface area contributed by atoms with Crippen LogP contribution in [-0.2, 0) is 24.5 Å². The normalized spacial score (nSPS) is 11.8. The first-order chi connectivity index (χ1) is 11.5. The van der Waals surface area contributed by atoms with E-state index in [2.05, 4.69) is 4.98 Å². The fourth-order valence-electron chi connectivity index (χ4n) is 2.49. The summed E-state index contributed by atoms with van der Waals surface area (Å²) in [7, 11) is -3.26. The Morgan fingerprint density at radius 1 is 1.21 bits per heavy atom. The molecule has 0 radical (unpaired) electrons. The summed E-state index contributed by atoms with van der Waals surface area (Å²) in [6, 6.07) is 3.62. The maximum atomic E-state index is 12.8. The zero-order valence-electron chi connectivity index (χ0n) is 14.4. The van der Waals surface area contributed by atoms with Crippen molar-refractivity contribution < 1.29 is 23.1 Å². The maximum absolute atomic E-state index is 12.8. The van der Waals surface area contributed by atoms with Gasteiger partial charge in [0.2, 0.25) is 0 Å². The van der Waals surface area contributed by atoms with Crippen molar-refractivity contribution in [2.45, 2.75) is 33.9 Å². The summed E-state index contributed by atoms with van der Waals surface area (Å²) in [5.41, 5.74) is 2.18. The van der Waals surface area contributed by atoms with Crippen LogP contribution in [-0.4, -0.2) is 35.2 Å². The van der Waals surface area contributed by atoms with E-state index in [9.17, 15) is 9.36 Å². The van der Waals surface area contributed by atoms with Crippen LogP contribution in [0.1, 0.15) is 42.5 Å². The van der Waals surface area contributed by atoms with Gasteiger partial charge < -0.3 is 18.2 Å². The number of nitrogens with zero attached hydrogens (tertiary/aromatic N) is 2. The summed E-state index contributed by atoms with van der Waals surface area (Å²) >= 11 is 0. The number of rotatable bonds is 8. The summed E-state index contributed by atoms with van der Waals surface area (Å²) < 4.78 is 30.3. The average Bonchev–Trinajstić information content (AvgIpc) is 2.86.